The number of hydrogen-bond acceptors (Lipinski definition) is 5. The van der Waals surface area contributed by atoms with Gasteiger partial charge in [-0.15, -0.1) is 0 Å². The third-order valence-corrected chi connectivity index (χ3v) is 5.94. The summed E-state index contributed by atoms with van der Waals surface area (Å²) in [6.07, 6.45) is -2.83. The average Bonchev–Trinajstić information content (AvgIpc) is 3.28. The fraction of sp³-hybridized carbons (Fsp3) is 0.0741. The van der Waals surface area contributed by atoms with Gasteiger partial charge in [-0.3, -0.25) is 4.79 Å². The van der Waals surface area contributed by atoms with Crippen molar-refractivity contribution in [3.05, 3.63) is 102 Å². The third-order valence-electron chi connectivity index (χ3n) is 5.94. The van der Waals surface area contributed by atoms with Gasteiger partial charge in [-0.25, -0.2) is 4.98 Å². The van der Waals surface area contributed by atoms with Crippen LogP contribution in [-0.2, 0) is 12.7 Å². The molecule has 0 radical (unpaired) electrons. The van der Waals surface area contributed by atoms with Gasteiger partial charge in [0.15, 0.2) is 5.65 Å². The molecule has 0 spiro atoms. The summed E-state index contributed by atoms with van der Waals surface area (Å²) in [5.41, 5.74) is 2.93. The van der Waals surface area contributed by atoms with Gasteiger partial charge in [0.05, 0.1) is 11.3 Å². The first-order valence-corrected chi connectivity index (χ1v) is 11.6. The maximum absolute atomic E-state index is 13.0. The molecule has 1 amide bonds. The molecular weight excluding hydrogens is 494 g/mol. The van der Waals surface area contributed by atoms with Crippen molar-refractivity contribution in [2.24, 2.45) is 0 Å². The number of carbonyl (C=O) groups is 1. The van der Waals surface area contributed by atoms with Gasteiger partial charge in [0, 0.05) is 35.6 Å². The van der Waals surface area contributed by atoms with Crippen LogP contribution < -0.4 is 16.1 Å². The van der Waals surface area contributed by atoms with Crippen molar-refractivity contribution in [2.75, 3.05) is 10.6 Å². The summed E-state index contributed by atoms with van der Waals surface area (Å²) in [4.78, 5) is 17.3. The fourth-order valence-electron chi connectivity index (χ4n) is 4.02. The molecule has 5 aromatic rings. The number of para-hydroxylation sites is 1. The lowest BCUT2D eigenvalue weighted by molar-refractivity contribution is -0.137. The summed E-state index contributed by atoms with van der Waals surface area (Å²) in [6, 6.07) is 20.0. The number of nitrogens with one attached hydrogen (secondary N) is 2. The second kappa shape index (κ2) is 9.93. The van der Waals surface area contributed by atoms with Crippen molar-refractivity contribution in [3.63, 3.8) is 0 Å². The minimum absolute atomic E-state index is 0.0896. The Labute approximate surface area is 216 Å². The van der Waals surface area contributed by atoms with Gasteiger partial charge in [0.1, 0.15) is 19.4 Å². The second-order valence-electron chi connectivity index (χ2n) is 8.69. The highest BCUT2D eigenvalue weighted by atomic mass is 19.4. The van der Waals surface area contributed by atoms with E-state index < -0.39 is 17.6 Å². The Morgan fingerprint density at radius 2 is 1.79 bits per heavy atom. The van der Waals surface area contributed by atoms with Crippen LogP contribution in [0.4, 0.5) is 24.7 Å². The molecule has 2 heterocycles. The first-order valence-electron chi connectivity index (χ1n) is 11.6. The maximum Gasteiger partial charge on any atom is 0.416 e. The molecule has 0 atom stereocenters. The number of halogens is 3. The third kappa shape index (κ3) is 5.17. The van der Waals surface area contributed by atoms with Crippen LogP contribution in [0.2, 0.25) is 0 Å². The molecule has 0 saturated carbocycles. The maximum atomic E-state index is 13.0. The first-order chi connectivity index (χ1) is 18.2. The van der Waals surface area contributed by atoms with E-state index in [9.17, 15) is 23.1 Å². The lowest BCUT2D eigenvalue weighted by Crippen LogP contribution is -2.14. The quantitative estimate of drug-likeness (QED) is 0.295. The number of hydrogen-bond donors (Lipinski definition) is 3. The van der Waals surface area contributed by atoms with Crippen LogP contribution >= 0.6 is 0 Å². The predicted octanol–water partition coefficient (Wildman–Crippen LogP) is 4.24. The summed E-state index contributed by atoms with van der Waals surface area (Å²) in [5, 5.41) is 20.7. The van der Waals surface area contributed by atoms with Crippen molar-refractivity contribution in [2.45, 2.75) is 12.7 Å². The fourth-order valence-corrected chi connectivity index (χ4v) is 4.02. The number of alkyl halides is 3. The van der Waals surface area contributed by atoms with Gasteiger partial charge in [-0.05, 0) is 53.5 Å². The van der Waals surface area contributed by atoms with Crippen LogP contribution in [-0.4, -0.2) is 33.5 Å². The van der Waals surface area contributed by atoms with Gasteiger partial charge in [0.25, 0.3) is 5.91 Å². The molecule has 11 heteroatoms. The summed E-state index contributed by atoms with van der Waals surface area (Å²) >= 11 is 0. The van der Waals surface area contributed by atoms with Crippen LogP contribution in [0.15, 0.2) is 85.1 Å². The Morgan fingerprint density at radius 1 is 1.00 bits per heavy atom. The molecule has 2 aromatic heterocycles. The van der Waals surface area contributed by atoms with Crippen molar-refractivity contribution >= 4 is 36.4 Å². The Morgan fingerprint density at radius 3 is 2.58 bits per heavy atom. The second-order valence-corrected chi connectivity index (χ2v) is 8.69. The Hall–Kier alpha value is -4.80. The number of phenolic OH excluding ortho intramolecular Hbond substituents is 1. The van der Waals surface area contributed by atoms with E-state index in [-0.39, 0.29) is 11.3 Å². The molecule has 3 N–H and O–H groups in total. The highest BCUT2D eigenvalue weighted by Crippen LogP contribution is 2.30. The molecule has 0 aliphatic rings. The highest BCUT2D eigenvalue weighted by molar-refractivity contribution is 6.36. The molecule has 7 nitrogen and oxygen atoms in total. The Bertz CT molecular complexity index is 1650. The summed E-state index contributed by atoms with van der Waals surface area (Å²) < 4.78 is 40.7. The number of carbonyl (C=O) groups excluding carboxylic acids is 1. The number of aromatic hydroxyl groups is 1. The topological polar surface area (TPSA) is 91.5 Å². The predicted molar refractivity (Wildman–Crippen MR) is 141 cm³/mol. The Balaban J connectivity index is 1.36. The number of benzene rings is 3. The molecule has 0 aliphatic heterocycles. The van der Waals surface area contributed by atoms with Crippen LogP contribution in [0.25, 0.3) is 16.9 Å². The largest absolute Gasteiger partial charge is 0.507 e. The van der Waals surface area contributed by atoms with Gasteiger partial charge in [-0.2, -0.15) is 22.8 Å². The van der Waals surface area contributed by atoms with Gasteiger partial charge in [-0.1, -0.05) is 30.3 Å². The average molecular weight is 515 g/mol. The standard InChI is InChI=1S/C27H21BF3N5O2/c28-21-15-33-36-24(13-22(35-25(21)36)20-9-1-2-10-23(20)37)32-14-16-5-3-8-19(11-16)34-26(38)17-6-4-7-18(12-17)27(29,30)31/h1-13,15,32,37H,14,28H2,(H,34,38). The van der Waals surface area contributed by atoms with E-state index in [2.05, 4.69) is 20.7 Å². The van der Waals surface area contributed by atoms with Gasteiger partial charge >= 0.3 is 6.18 Å². The van der Waals surface area contributed by atoms with Crippen molar-refractivity contribution in [1.29, 1.82) is 0 Å². The first kappa shape index (κ1) is 24.9. The molecule has 0 fully saturated rings. The molecule has 38 heavy (non-hydrogen) atoms. The molecule has 5 rings (SSSR count). The van der Waals surface area contributed by atoms with Crippen molar-refractivity contribution in [3.8, 4) is 17.0 Å². The van der Waals surface area contributed by atoms with Crippen LogP contribution in [0, 0.1) is 0 Å². The number of aromatic nitrogens is 3. The number of amides is 1. The summed E-state index contributed by atoms with van der Waals surface area (Å²) in [6.45, 7) is 0.353. The minimum Gasteiger partial charge on any atom is -0.507 e. The van der Waals surface area contributed by atoms with E-state index in [0.29, 0.717) is 35.0 Å². The SMILES string of the molecule is Bc1cnn2c(NCc3cccc(NC(=O)c4cccc(C(F)(F)F)c4)c3)cc(-c3ccccc3O)nc12. The summed E-state index contributed by atoms with van der Waals surface area (Å²) in [7, 11) is 1.89. The molecule has 0 aliphatic carbocycles. The van der Waals surface area contributed by atoms with E-state index in [1.165, 1.54) is 12.1 Å². The molecule has 0 saturated heterocycles. The van der Waals surface area contributed by atoms with Gasteiger partial charge < -0.3 is 15.7 Å². The zero-order chi connectivity index (χ0) is 26.9. The Kier molecular flexibility index (Phi) is 6.50. The van der Waals surface area contributed by atoms with Crippen molar-refractivity contribution < 1.29 is 23.1 Å². The number of nitrogens with zero attached hydrogens (tertiary/aromatic N) is 3. The van der Waals surface area contributed by atoms with E-state index in [1.807, 2.05) is 20.0 Å². The van der Waals surface area contributed by atoms with Crippen LogP contribution in [0.1, 0.15) is 21.5 Å². The zero-order valence-electron chi connectivity index (χ0n) is 20.1. The van der Waals surface area contributed by atoms with E-state index in [1.54, 1.807) is 53.2 Å². The van der Waals surface area contributed by atoms with Crippen LogP contribution in [0.5, 0.6) is 5.75 Å². The lowest BCUT2D eigenvalue weighted by atomic mass is 10.0. The molecule has 0 unspecified atom stereocenters. The molecule has 0 bridgehead atoms. The lowest BCUT2D eigenvalue weighted by Gasteiger charge is -2.13. The number of fused-ring (bicyclic) bond motifs is 1. The number of anilines is 2. The molecular formula is C27H21BF3N5O2. The minimum atomic E-state index is -4.54. The molecule has 190 valence electrons. The number of rotatable bonds is 6. The van der Waals surface area contributed by atoms with E-state index in [4.69, 9.17) is 0 Å². The molecule has 3 aromatic carbocycles. The van der Waals surface area contributed by atoms with E-state index >= 15 is 0 Å². The normalized spacial score (nSPS) is 11.4. The monoisotopic (exact) mass is 515 g/mol. The highest BCUT2D eigenvalue weighted by Gasteiger charge is 2.30. The van der Waals surface area contributed by atoms with Crippen LogP contribution in [0.3, 0.4) is 0 Å². The van der Waals surface area contributed by atoms with Crippen molar-refractivity contribution in [1.82, 2.24) is 14.6 Å². The van der Waals surface area contributed by atoms with Gasteiger partial charge in [0.2, 0.25) is 0 Å². The van der Waals surface area contributed by atoms with E-state index in [0.717, 1.165) is 23.2 Å². The smallest absolute Gasteiger partial charge is 0.416 e. The summed E-state index contributed by atoms with van der Waals surface area (Å²) in [5.74, 6) is 0.104. The zero-order valence-corrected chi connectivity index (χ0v) is 20.1. The number of phenols is 1.